The highest BCUT2D eigenvalue weighted by Gasteiger charge is 2.22. The average Bonchev–Trinajstić information content (AvgIpc) is 2.73. The van der Waals surface area contributed by atoms with Crippen molar-refractivity contribution in [3.05, 3.63) is 5.82 Å². The first-order valence-corrected chi connectivity index (χ1v) is 5.23. The molecule has 14 heavy (non-hydrogen) atoms. The zero-order valence-corrected chi connectivity index (χ0v) is 8.88. The number of H-pyrrole nitrogens is 1. The van der Waals surface area contributed by atoms with Gasteiger partial charge in [-0.15, -0.1) is 0 Å². The number of rotatable bonds is 2. The Hall–Kier alpha value is -1.19. The van der Waals surface area contributed by atoms with Crippen LogP contribution in [-0.4, -0.2) is 23.1 Å². The van der Waals surface area contributed by atoms with Gasteiger partial charge in [0.1, 0.15) is 11.6 Å². The normalized spacial score (nSPS) is 17.6. The van der Waals surface area contributed by atoms with Crippen LogP contribution in [0.15, 0.2) is 0 Å². The third-order valence-electron chi connectivity index (χ3n) is 3.04. The van der Waals surface area contributed by atoms with E-state index in [1.807, 2.05) is 6.92 Å². The first-order valence-electron chi connectivity index (χ1n) is 5.23. The molecule has 1 heterocycles. The van der Waals surface area contributed by atoms with E-state index in [2.05, 4.69) is 21.9 Å². The molecule has 4 nitrogen and oxygen atoms in total. The van der Waals surface area contributed by atoms with Crippen molar-refractivity contribution in [1.82, 2.24) is 9.97 Å². The van der Waals surface area contributed by atoms with Gasteiger partial charge in [0.05, 0.1) is 0 Å². The molecule has 0 radical (unpaired) electrons. The van der Waals surface area contributed by atoms with Crippen molar-refractivity contribution < 1.29 is 0 Å². The second-order valence-corrected chi connectivity index (χ2v) is 4.11. The molecule has 3 N–H and O–H groups in total. The van der Waals surface area contributed by atoms with Gasteiger partial charge in [-0.25, -0.2) is 4.98 Å². The Morgan fingerprint density at radius 1 is 1.43 bits per heavy atom. The number of imidazole rings is 1. The predicted octanol–water partition coefficient (Wildman–Crippen LogP) is 1.68. The minimum absolute atomic E-state index is 0.625. The van der Waals surface area contributed by atoms with Gasteiger partial charge in [0.2, 0.25) is 0 Å². The lowest BCUT2D eigenvalue weighted by Crippen LogP contribution is -2.29. The zero-order valence-electron chi connectivity index (χ0n) is 8.88. The molecule has 1 saturated carbocycles. The van der Waals surface area contributed by atoms with E-state index in [0.717, 1.165) is 11.6 Å². The van der Waals surface area contributed by atoms with Crippen LogP contribution in [0.3, 0.4) is 0 Å². The molecule has 0 aliphatic heterocycles. The molecule has 0 spiro atoms. The van der Waals surface area contributed by atoms with Crippen molar-refractivity contribution >= 4 is 11.6 Å². The lowest BCUT2D eigenvalue weighted by atomic mass is 10.2. The van der Waals surface area contributed by atoms with E-state index in [0.29, 0.717) is 11.9 Å². The van der Waals surface area contributed by atoms with Crippen LogP contribution >= 0.6 is 0 Å². The Kier molecular flexibility index (Phi) is 2.35. The molecule has 0 atom stereocenters. The van der Waals surface area contributed by atoms with Crippen molar-refractivity contribution in [2.75, 3.05) is 17.7 Å². The third-order valence-corrected chi connectivity index (χ3v) is 3.04. The zero-order chi connectivity index (χ0) is 10.1. The molecule has 0 bridgehead atoms. The fourth-order valence-corrected chi connectivity index (χ4v) is 2.23. The summed E-state index contributed by atoms with van der Waals surface area (Å²) in [5.41, 5.74) is 5.85. The van der Waals surface area contributed by atoms with E-state index in [4.69, 9.17) is 5.73 Å². The Morgan fingerprint density at radius 2 is 2.07 bits per heavy atom. The Labute approximate surface area is 84.5 Å². The van der Waals surface area contributed by atoms with E-state index < -0.39 is 0 Å². The summed E-state index contributed by atoms with van der Waals surface area (Å²) in [4.78, 5) is 9.65. The quantitative estimate of drug-likeness (QED) is 0.753. The summed E-state index contributed by atoms with van der Waals surface area (Å²) in [5.74, 6) is 2.49. The second-order valence-electron chi connectivity index (χ2n) is 4.11. The van der Waals surface area contributed by atoms with Crippen LogP contribution < -0.4 is 10.6 Å². The first kappa shape index (κ1) is 9.37. The maximum absolute atomic E-state index is 5.85. The second kappa shape index (κ2) is 3.52. The number of hydrogen-bond donors (Lipinski definition) is 2. The number of nitrogens with two attached hydrogens (primary N) is 1. The van der Waals surface area contributed by atoms with E-state index >= 15 is 0 Å². The lowest BCUT2D eigenvalue weighted by Gasteiger charge is -2.24. The number of aromatic amines is 1. The van der Waals surface area contributed by atoms with Gasteiger partial charge in [-0.3, -0.25) is 0 Å². The number of nitrogen functional groups attached to an aromatic ring is 1. The molecule has 0 unspecified atom stereocenters. The van der Waals surface area contributed by atoms with Crippen LogP contribution in [-0.2, 0) is 0 Å². The summed E-state index contributed by atoms with van der Waals surface area (Å²) in [6.45, 7) is 1.93. The molecule has 1 aliphatic carbocycles. The standard InChI is InChI=1S/C10H18N4/c1-7-12-9(11)10(13-7)14(2)8-5-3-4-6-8/h8H,3-6,11H2,1-2H3,(H,12,13). The van der Waals surface area contributed by atoms with E-state index in [9.17, 15) is 0 Å². The SMILES string of the molecule is Cc1nc(N(C)C2CCCC2)c(N)[nH]1. The van der Waals surface area contributed by atoms with E-state index in [1.54, 1.807) is 0 Å². The van der Waals surface area contributed by atoms with Crippen molar-refractivity contribution in [2.24, 2.45) is 0 Å². The topological polar surface area (TPSA) is 57.9 Å². The van der Waals surface area contributed by atoms with Crippen LogP contribution in [0.2, 0.25) is 0 Å². The van der Waals surface area contributed by atoms with Gasteiger partial charge in [0.25, 0.3) is 0 Å². The molecule has 0 saturated heterocycles. The van der Waals surface area contributed by atoms with Crippen molar-refractivity contribution in [2.45, 2.75) is 38.6 Å². The fraction of sp³-hybridized carbons (Fsp3) is 0.700. The Morgan fingerprint density at radius 3 is 2.57 bits per heavy atom. The molecule has 1 aromatic rings. The number of nitrogens with one attached hydrogen (secondary N) is 1. The number of hydrogen-bond acceptors (Lipinski definition) is 3. The Balaban J connectivity index is 2.17. The first-order chi connectivity index (χ1) is 6.68. The average molecular weight is 194 g/mol. The summed E-state index contributed by atoms with van der Waals surface area (Å²) in [6.07, 6.45) is 5.19. The highest BCUT2D eigenvalue weighted by Crippen LogP contribution is 2.28. The van der Waals surface area contributed by atoms with Gasteiger partial charge < -0.3 is 15.6 Å². The largest absolute Gasteiger partial charge is 0.382 e. The maximum Gasteiger partial charge on any atom is 0.171 e. The van der Waals surface area contributed by atoms with Crippen LogP contribution in [0.4, 0.5) is 11.6 Å². The Bertz CT molecular complexity index is 312. The van der Waals surface area contributed by atoms with Gasteiger partial charge in [-0.05, 0) is 19.8 Å². The van der Waals surface area contributed by atoms with Crippen LogP contribution in [0.25, 0.3) is 0 Å². The summed E-state index contributed by atoms with van der Waals surface area (Å²) >= 11 is 0. The minimum Gasteiger partial charge on any atom is -0.382 e. The van der Waals surface area contributed by atoms with Gasteiger partial charge in [0.15, 0.2) is 5.82 Å². The van der Waals surface area contributed by atoms with Crippen LogP contribution in [0.1, 0.15) is 31.5 Å². The van der Waals surface area contributed by atoms with Crippen molar-refractivity contribution in [1.29, 1.82) is 0 Å². The molecule has 0 amide bonds. The van der Waals surface area contributed by atoms with Crippen molar-refractivity contribution in [3.63, 3.8) is 0 Å². The fourth-order valence-electron chi connectivity index (χ4n) is 2.23. The molecule has 78 valence electrons. The molecule has 2 rings (SSSR count). The predicted molar refractivity (Wildman–Crippen MR) is 58.4 cm³/mol. The molecule has 0 aromatic carbocycles. The lowest BCUT2D eigenvalue weighted by molar-refractivity contribution is 0.648. The monoisotopic (exact) mass is 194 g/mol. The number of nitrogens with zero attached hydrogens (tertiary/aromatic N) is 2. The summed E-state index contributed by atoms with van der Waals surface area (Å²) in [5, 5.41) is 0. The highest BCUT2D eigenvalue weighted by atomic mass is 15.2. The van der Waals surface area contributed by atoms with Gasteiger partial charge in [0, 0.05) is 13.1 Å². The maximum atomic E-state index is 5.85. The number of aromatic nitrogens is 2. The molecular formula is C10H18N4. The number of aryl methyl sites for hydroxylation is 1. The molecule has 1 aromatic heterocycles. The van der Waals surface area contributed by atoms with Crippen LogP contribution in [0.5, 0.6) is 0 Å². The van der Waals surface area contributed by atoms with E-state index in [1.165, 1.54) is 25.7 Å². The molecule has 4 heteroatoms. The molecular weight excluding hydrogens is 176 g/mol. The minimum atomic E-state index is 0.625. The molecule has 1 fully saturated rings. The van der Waals surface area contributed by atoms with Gasteiger partial charge >= 0.3 is 0 Å². The summed E-state index contributed by atoms with van der Waals surface area (Å²) in [6, 6.07) is 0.625. The highest BCUT2D eigenvalue weighted by molar-refractivity contribution is 5.59. The number of anilines is 2. The van der Waals surface area contributed by atoms with E-state index in [-0.39, 0.29) is 0 Å². The third kappa shape index (κ3) is 1.56. The summed E-state index contributed by atoms with van der Waals surface area (Å²) in [7, 11) is 2.09. The van der Waals surface area contributed by atoms with Crippen molar-refractivity contribution in [3.8, 4) is 0 Å². The van der Waals surface area contributed by atoms with Gasteiger partial charge in [-0.1, -0.05) is 12.8 Å². The summed E-state index contributed by atoms with van der Waals surface area (Å²) < 4.78 is 0. The smallest absolute Gasteiger partial charge is 0.171 e. The van der Waals surface area contributed by atoms with Gasteiger partial charge in [-0.2, -0.15) is 0 Å². The molecule has 1 aliphatic rings. The van der Waals surface area contributed by atoms with Crippen LogP contribution in [0, 0.1) is 6.92 Å².